The lowest BCUT2D eigenvalue weighted by molar-refractivity contribution is -0.134. The first-order chi connectivity index (χ1) is 11.9. The van der Waals surface area contributed by atoms with Crippen LogP contribution >= 0.6 is 0 Å². The molecular formula is C18H16N2O5. The van der Waals surface area contributed by atoms with Crippen LogP contribution in [0.4, 0.5) is 5.69 Å². The van der Waals surface area contributed by atoms with Crippen LogP contribution in [0.1, 0.15) is 28.9 Å². The Balaban J connectivity index is 0.000000242. The summed E-state index contributed by atoms with van der Waals surface area (Å²) in [7, 11) is 0. The third-order valence-electron chi connectivity index (χ3n) is 3.56. The van der Waals surface area contributed by atoms with Gasteiger partial charge in [-0.1, -0.05) is 18.2 Å². The van der Waals surface area contributed by atoms with Crippen LogP contribution in [0.15, 0.2) is 60.9 Å². The van der Waals surface area contributed by atoms with Crippen molar-refractivity contribution in [2.24, 2.45) is 0 Å². The summed E-state index contributed by atoms with van der Waals surface area (Å²) in [6.07, 6.45) is 4.53. The third-order valence-corrected chi connectivity index (χ3v) is 3.56. The predicted molar refractivity (Wildman–Crippen MR) is 90.3 cm³/mol. The van der Waals surface area contributed by atoms with E-state index in [2.05, 4.69) is 4.98 Å². The number of fused-ring (bicyclic) bond motifs is 1. The topological polar surface area (TPSA) is 108 Å². The molecule has 0 saturated carbocycles. The van der Waals surface area contributed by atoms with Crippen molar-refractivity contribution in [3.63, 3.8) is 0 Å². The van der Waals surface area contributed by atoms with E-state index < -0.39 is 11.9 Å². The number of carbonyl (C=O) groups excluding carboxylic acids is 1. The average Bonchev–Trinajstić information content (AvgIpc) is 2.86. The minimum atomic E-state index is -1.26. The molecule has 1 unspecified atom stereocenters. The van der Waals surface area contributed by atoms with Crippen molar-refractivity contribution in [1.29, 1.82) is 0 Å². The van der Waals surface area contributed by atoms with E-state index in [-0.39, 0.29) is 11.9 Å². The fourth-order valence-corrected chi connectivity index (χ4v) is 2.49. The number of carbonyl (C=O) groups is 3. The Bertz CT molecular complexity index is 801. The highest BCUT2D eigenvalue weighted by molar-refractivity contribution is 6.10. The molecule has 7 nitrogen and oxygen atoms in total. The molecule has 2 heterocycles. The number of amides is 1. The van der Waals surface area contributed by atoms with Gasteiger partial charge in [0.2, 0.25) is 0 Å². The molecule has 0 aliphatic carbocycles. The minimum absolute atomic E-state index is 0.0688. The van der Waals surface area contributed by atoms with Gasteiger partial charge in [0.25, 0.3) is 5.91 Å². The molecule has 1 aromatic heterocycles. The maximum absolute atomic E-state index is 12.3. The van der Waals surface area contributed by atoms with Crippen LogP contribution in [0.3, 0.4) is 0 Å². The summed E-state index contributed by atoms with van der Waals surface area (Å²) in [5.74, 6) is -2.45. The number of pyridine rings is 1. The van der Waals surface area contributed by atoms with Crippen LogP contribution in [-0.4, -0.2) is 33.0 Å². The standard InChI is InChI=1S/C14H12N2O.C4H4O4/c1-10-12-4-2-3-5-13(12)14(17)16(10)11-6-8-15-9-7-11;5-3(6)1-2-4(7)8/h2-10H,1H3;1-2H,(H,5,6)(H,7,8)/b;2-1-. The number of anilines is 1. The molecule has 0 bridgehead atoms. The van der Waals surface area contributed by atoms with Crippen LogP contribution in [0, 0.1) is 0 Å². The van der Waals surface area contributed by atoms with E-state index in [9.17, 15) is 14.4 Å². The Morgan fingerprint density at radius 2 is 1.60 bits per heavy atom. The Morgan fingerprint density at radius 3 is 2.12 bits per heavy atom. The first-order valence-electron chi connectivity index (χ1n) is 7.38. The second kappa shape index (κ2) is 7.87. The quantitative estimate of drug-likeness (QED) is 0.831. The first kappa shape index (κ1) is 17.9. The molecule has 0 fully saturated rings. The van der Waals surface area contributed by atoms with E-state index in [1.165, 1.54) is 0 Å². The maximum Gasteiger partial charge on any atom is 0.328 e. The number of aromatic nitrogens is 1. The number of carboxylic acid groups (broad SMARTS) is 2. The average molecular weight is 340 g/mol. The van der Waals surface area contributed by atoms with Crippen molar-refractivity contribution in [2.45, 2.75) is 13.0 Å². The second-order valence-electron chi connectivity index (χ2n) is 5.15. The summed E-state index contributed by atoms with van der Waals surface area (Å²) in [4.78, 5) is 37.2. The lowest BCUT2D eigenvalue weighted by atomic mass is 10.1. The van der Waals surface area contributed by atoms with E-state index in [4.69, 9.17) is 10.2 Å². The molecule has 128 valence electrons. The summed E-state index contributed by atoms with van der Waals surface area (Å²) in [5.41, 5.74) is 2.79. The zero-order chi connectivity index (χ0) is 18.4. The lowest BCUT2D eigenvalue weighted by Crippen LogP contribution is -2.25. The molecule has 1 aromatic carbocycles. The molecule has 3 rings (SSSR count). The van der Waals surface area contributed by atoms with Crippen molar-refractivity contribution in [3.05, 3.63) is 72.1 Å². The maximum atomic E-state index is 12.3. The van der Waals surface area contributed by atoms with Crippen molar-refractivity contribution in [1.82, 2.24) is 4.98 Å². The molecule has 1 aliphatic rings. The number of nitrogens with zero attached hydrogens (tertiary/aromatic N) is 2. The van der Waals surface area contributed by atoms with Crippen molar-refractivity contribution in [2.75, 3.05) is 4.90 Å². The summed E-state index contributed by atoms with van der Waals surface area (Å²) in [6.45, 7) is 2.05. The van der Waals surface area contributed by atoms with E-state index in [0.29, 0.717) is 12.2 Å². The monoisotopic (exact) mass is 340 g/mol. The van der Waals surface area contributed by atoms with Gasteiger partial charge in [-0.25, -0.2) is 9.59 Å². The summed E-state index contributed by atoms with van der Waals surface area (Å²) in [6, 6.07) is 11.6. The molecule has 7 heteroatoms. The van der Waals surface area contributed by atoms with Crippen LogP contribution in [0.5, 0.6) is 0 Å². The number of hydrogen-bond donors (Lipinski definition) is 2. The highest BCUT2D eigenvalue weighted by Gasteiger charge is 2.34. The number of aliphatic carboxylic acids is 2. The zero-order valence-electron chi connectivity index (χ0n) is 13.4. The molecule has 2 aromatic rings. The zero-order valence-corrected chi connectivity index (χ0v) is 13.4. The number of hydrogen-bond acceptors (Lipinski definition) is 4. The van der Waals surface area contributed by atoms with Gasteiger partial charge >= 0.3 is 11.9 Å². The Labute approximate surface area is 143 Å². The molecular weight excluding hydrogens is 324 g/mol. The van der Waals surface area contributed by atoms with Gasteiger partial charge in [-0.05, 0) is 30.7 Å². The minimum Gasteiger partial charge on any atom is -0.478 e. The van der Waals surface area contributed by atoms with E-state index in [0.717, 1.165) is 16.8 Å². The Kier molecular flexibility index (Phi) is 5.62. The van der Waals surface area contributed by atoms with Gasteiger partial charge in [-0.2, -0.15) is 0 Å². The van der Waals surface area contributed by atoms with Crippen molar-refractivity contribution in [3.8, 4) is 0 Å². The largest absolute Gasteiger partial charge is 0.478 e. The van der Waals surface area contributed by atoms with Gasteiger partial charge in [-0.3, -0.25) is 9.78 Å². The van der Waals surface area contributed by atoms with Crippen molar-refractivity contribution < 1.29 is 24.6 Å². The van der Waals surface area contributed by atoms with E-state index in [1.807, 2.05) is 48.2 Å². The van der Waals surface area contributed by atoms with Gasteiger partial charge in [0, 0.05) is 35.8 Å². The van der Waals surface area contributed by atoms with E-state index in [1.54, 1.807) is 12.4 Å². The molecule has 25 heavy (non-hydrogen) atoms. The summed E-state index contributed by atoms with van der Waals surface area (Å²) >= 11 is 0. The van der Waals surface area contributed by atoms with Gasteiger partial charge < -0.3 is 15.1 Å². The molecule has 0 saturated heterocycles. The molecule has 1 aliphatic heterocycles. The molecule has 1 atom stereocenters. The highest BCUT2D eigenvalue weighted by Crippen LogP contribution is 2.36. The van der Waals surface area contributed by atoms with Crippen LogP contribution < -0.4 is 4.90 Å². The van der Waals surface area contributed by atoms with Gasteiger partial charge in [0.1, 0.15) is 0 Å². The third kappa shape index (κ3) is 4.29. The molecule has 0 spiro atoms. The Morgan fingerprint density at radius 1 is 1.04 bits per heavy atom. The smallest absolute Gasteiger partial charge is 0.328 e. The molecule has 1 amide bonds. The van der Waals surface area contributed by atoms with Gasteiger partial charge in [0.05, 0.1) is 6.04 Å². The number of carboxylic acids is 2. The number of rotatable bonds is 3. The van der Waals surface area contributed by atoms with Crippen LogP contribution in [0.2, 0.25) is 0 Å². The first-order valence-corrected chi connectivity index (χ1v) is 7.38. The lowest BCUT2D eigenvalue weighted by Gasteiger charge is -2.21. The van der Waals surface area contributed by atoms with Crippen molar-refractivity contribution >= 4 is 23.5 Å². The fraction of sp³-hybridized carbons (Fsp3) is 0.111. The SMILES string of the molecule is CC1c2ccccc2C(=O)N1c1ccncc1.O=C(O)/C=C\C(=O)O. The van der Waals surface area contributed by atoms with Gasteiger partial charge in [-0.15, -0.1) is 0 Å². The van der Waals surface area contributed by atoms with Gasteiger partial charge in [0.15, 0.2) is 0 Å². The predicted octanol–water partition coefficient (Wildman–Crippen LogP) is 2.51. The molecule has 0 radical (unpaired) electrons. The fourth-order valence-electron chi connectivity index (χ4n) is 2.49. The van der Waals surface area contributed by atoms with E-state index >= 15 is 0 Å². The Hall–Kier alpha value is -3.48. The van der Waals surface area contributed by atoms with Crippen LogP contribution in [-0.2, 0) is 9.59 Å². The number of benzene rings is 1. The molecule has 2 N–H and O–H groups in total. The summed E-state index contributed by atoms with van der Waals surface area (Å²) in [5, 5.41) is 15.6. The van der Waals surface area contributed by atoms with Crippen LogP contribution in [0.25, 0.3) is 0 Å². The highest BCUT2D eigenvalue weighted by atomic mass is 16.4. The summed E-state index contributed by atoms with van der Waals surface area (Å²) < 4.78 is 0. The second-order valence-corrected chi connectivity index (χ2v) is 5.15. The normalized spacial score (nSPS) is 15.5.